The third-order valence-electron chi connectivity index (χ3n) is 4.83. The Morgan fingerprint density at radius 2 is 1.81 bits per heavy atom. The predicted molar refractivity (Wildman–Crippen MR) is 76.9 cm³/mol. The van der Waals surface area contributed by atoms with Crippen LogP contribution in [0.15, 0.2) is 18.2 Å². The molecule has 0 aliphatic heterocycles. The molecule has 1 N–H and O–H groups in total. The highest BCUT2D eigenvalue weighted by atomic mass is 19.4. The smallest absolute Gasteiger partial charge is 0.388 e. The molecule has 21 heavy (non-hydrogen) atoms. The molecule has 1 nitrogen and oxygen atoms in total. The largest absolute Gasteiger partial charge is 0.416 e. The number of benzene rings is 1. The van der Waals surface area contributed by atoms with Crippen LogP contribution in [0.25, 0.3) is 0 Å². The van der Waals surface area contributed by atoms with Crippen molar-refractivity contribution in [3.63, 3.8) is 0 Å². The minimum absolute atomic E-state index is 0.170. The van der Waals surface area contributed by atoms with Crippen LogP contribution in [0, 0.1) is 18.8 Å². The lowest BCUT2D eigenvalue weighted by Crippen LogP contribution is -2.21. The highest BCUT2D eigenvalue weighted by molar-refractivity contribution is 5.34. The van der Waals surface area contributed by atoms with Gasteiger partial charge in [-0.15, -0.1) is 0 Å². The SMILES string of the molecule is CCC1CCC(C(O)c2ccc(C(F)(F)F)cc2C)CC1. The third kappa shape index (κ3) is 3.79. The first-order valence-electron chi connectivity index (χ1n) is 7.68. The monoisotopic (exact) mass is 300 g/mol. The van der Waals surface area contributed by atoms with Gasteiger partial charge in [-0.25, -0.2) is 0 Å². The Balaban J connectivity index is 2.11. The maximum atomic E-state index is 12.7. The Hall–Kier alpha value is -1.03. The molecule has 0 radical (unpaired) electrons. The van der Waals surface area contributed by atoms with E-state index in [2.05, 4.69) is 6.92 Å². The Labute approximate surface area is 124 Å². The van der Waals surface area contributed by atoms with Gasteiger partial charge in [-0.3, -0.25) is 0 Å². The van der Waals surface area contributed by atoms with E-state index in [1.807, 2.05) is 0 Å². The summed E-state index contributed by atoms with van der Waals surface area (Å²) in [4.78, 5) is 0. The molecule has 118 valence electrons. The second-order valence-corrected chi connectivity index (χ2v) is 6.20. The first kappa shape index (κ1) is 16.3. The van der Waals surface area contributed by atoms with E-state index in [-0.39, 0.29) is 5.92 Å². The van der Waals surface area contributed by atoms with Crippen LogP contribution < -0.4 is 0 Å². The van der Waals surface area contributed by atoms with Gasteiger partial charge in [0.15, 0.2) is 0 Å². The van der Waals surface area contributed by atoms with Gasteiger partial charge in [0.1, 0.15) is 0 Å². The summed E-state index contributed by atoms with van der Waals surface area (Å²) in [5.74, 6) is 0.908. The molecule has 1 saturated carbocycles. The molecular weight excluding hydrogens is 277 g/mol. The van der Waals surface area contributed by atoms with Gasteiger partial charge in [0.2, 0.25) is 0 Å². The molecule has 0 spiro atoms. The molecule has 1 aromatic carbocycles. The van der Waals surface area contributed by atoms with Crippen LogP contribution in [-0.2, 0) is 6.18 Å². The van der Waals surface area contributed by atoms with Gasteiger partial charge < -0.3 is 5.11 Å². The van der Waals surface area contributed by atoms with E-state index in [1.165, 1.54) is 12.5 Å². The Kier molecular flexibility index (Phi) is 4.97. The van der Waals surface area contributed by atoms with Crippen molar-refractivity contribution in [1.82, 2.24) is 0 Å². The number of aryl methyl sites for hydroxylation is 1. The molecule has 4 heteroatoms. The summed E-state index contributed by atoms with van der Waals surface area (Å²) in [5, 5.41) is 10.5. The number of hydrogen-bond donors (Lipinski definition) is 1. The number of aliphatic hydroxyl groups is 1. The quantitative estimate of drug-likeness (QED) is 0.807. The first-order chi connectivity index (χ1) is 9.82. The Morgan fingerprint density at radius 1 is 1.19 bits per heavy atom. The van der Waals surface area contributed by atoms with Crippen molar-refractivity contribution in [3.05, 3.63) is 34.9 Å². The average Bonchev–Trinajstić information content (AvgIpc) is 2.45. The molecule has 1 fully saturated rings. The number of alkyl halides is 3. The topological polar surface area (TPSA) is 20.2 Å². The van der Waals surface area contributed by atoms with Crippen molar-refractivity contribution in [2.45, 2.75) is 58.2 Å². The standard InChI is InChI=1S/C17H23F3O/c1-3-12-4-6-13(7-5-12)16(21)15-9-8-14(10-11(15)2)17(18,19)20/h8-10,12-13,16,21H,3-7H2,1-2H3. The second-order valence-electron chi connectivity index (χ2n) is 6.20. The Bertz CT molecular complexity index is 473. The molecule has 1 aliphatic rings. The summed E-state index contributed by atoms with van der Waals surface area (Å²) in [6, 6.07) is 3.65. The molecule has 0 bridgehead atoms. The van der Waals surface area contributed by atoms with E-state index in [1.54, 1.807) is 6.92 Å². The summed E-state index contributed by atoms with van der Waals surface area (Å²) in [7, 11) is 0. The van der Waals surface area contributed by atoms with Gasteiger partial charge >= 0.3 is 6.18 Å². The fourth-order valence-corrected chi connectivity index (χ4v) is 3.35. The summed E-state index contributed by atoms with van der Waals surface area (Å²) in [5.41, 5.74) is 0.517. The van der Waals surface area contributed by atoms with Crippen LogP contribution in [0.5, 0.6) is 0 Å². The van der Waals surface area contributed by atoms with Crippen molar-refractivity contribution in [2.75, 3.05) is 0 Å². The maximum absolute atomic E-state index is 12.7. The highest BCUT2D eigenvalue weighted by Crippen LogP contribution is 2.39. The molecule has 0 aromatic heterocycles. The van der Waals surface area contributed by atoms with Crippen LogP contribution in [0.3, 0.4) is 0 Å². The number of hydrogen-bond acceptors (Lipinski definition) is 1. The molecule has 0 heterocycles. The summed E-state index contributed by atoms with van der Waals surface area (Å²) in [6.45, 7) is 3.83. The van der Waals surface area contributed by atoms with Crippen molar-refractivity contribution >= 4 is 0 Å². The van der Waals surface area contributed by atoms with Crippen LogP contribution in [0.2, 0.25) is 0 Å². The van der Waals surface area contributed by atoms with E-state index in [9.17, 15) is 18.3 Å². The number of halogens is 3. The van der Waals surface area contributed by atoms with Crippen molar-refractivity contribution < 1.29 is 18.3 Å². The minimum Gasteiger partial charge on any atom is -0.388 e. The maximum Gasteiger partial charge on any atom is 0.416 e. The van der Waals surface area contributed by atoms with Crippen LogP contribution in [0.4, 0.5) is 13.2 Å². The molecule has 0 saturated heterocycles. The van der Waals surface area contributed by atoms with Gasteiger partial charge in [-0.1, -0.05) is 32.3 Å². The fourth-order valence-electron chi connectivity index (χ4n) is 3.35. The molecule has 1 aromatic rings. The molecular formula is C17H23F3O. The van der Waals surface area contributed by atoms with Gasteiger partial charge in [0, 0.05) is 0 Å². The van der Waals surface area contributed by atoms with E-state index < -0.39 is 17.8 Å². The van der Waals surface area contributed by atoms with Crippen LogP contribution >= 0.6 is 0 Å². The number of aliphatic hydroxyl groups excluding tert-OH is 1. The molecule has 2 rings (SSSR count). The average molecular weight is 300 g/mol. The second kappa shape index (κ2) is 6.39. The van der Waals surface area contributed by atoms with Gasteiger partial charge in [0.25, 0.3) is 0 Å². The lowest BCUT2D eigenvalue weighted by molar-refractivity contribution is -0.137. The lowest BCUT2D eigenvalue weighted by Gasteiger charge is -2.32. The van der Waals surface area contributed by atoms with Crippen molar-refractivity contribution in [3.8, 4) is 0 Å². The first-order valence-corrected chi connectivity index (χ1v) is 7.68. The zero-order valence-corrected chi connectivity index (χ0v) is 12.6. The van der Waals surface area contributed by atoms with Crippen LogP contribution in [-0.4, -0.2) is 5.11 Å². The molecule has 0 amide bonds. The van der Waals surface area contributed by atoms with E-state index in [0.717, 1.165) is 43.7 Å². The molecule has 1 unspecified atom stereocenters. The summed E-state index contributed by atoms with van der Waals surface area (Å²) in [6.07, 6.45) is 0.330. The van der Waals surface area contributed by atoms with Crippen molar-refractivity contribution in [2.24, 2.45) is 11.8 Å². The van der Waals surface area contributed by atoms with E-state index in [0.29, 0.717) is 11.1 Å². The molecule has 1 atom stereocenters. The van der Waals surface area contributed by atoms with E-state index >= 15 is 0 Å². The summed E-state index contributed by atoms with van der Waals surface area (Å²) >= 11 is 0. The van der Waals surface area contributed by atoms with Crippen LogP contribution in [0.1, 0.15) is 61.8 Å². The van der Waals surface area contributed by atoms with Gasteiger partial charge in [-0.2, -0.15) is 13.2 Å². The van der Waals surface area contributed by atoms with Gasteiger partial charge in [0.05, 0.1) is 11.7 Å². The Morgan fingerprint density at radius 3 is 2.29 bits per heavy atom. The zero-order valence-electron chi connectivity index (χ0n) is 12.6. The normalized spacial score (nSPS) is 24.9. The van der Waals surface area contributed by atoms with E-state index in [4.69, 9.17) is 0 Å². The third-order valence-corrected chi connectivity index (χ3v) is 4.83. The molecule has 1 aliphatic carbocycles. The fraction of sp³-hybridized carbons (Fsp3) is 0.647. The summed E-state index contributed by atoms with van der Waals surface area (Å²) < 4.78 is 38.0. The minimum atomic E-state index is -4.33. The highest BCUT2D eigenvalue weighted by Gasteiger charge is 2.32. The van der Waals surface area contributed by atoms with Crippen molar-refractivity contribution in [1.29, 1.82) is 0 Å². The zero-order chi connectivity index (χ0) is 15.6. The number of rotatable bonds is 3. The van der Waals surface area contributed by atoms with Gasteiger partial charge in [-0.05, 0) is 54.9 Å². The lowest BCUT2D eigenvalue weighted by atomic mass is 9.76. The predicted octanol–water partition coefficient (Wildman–Crippen LogP) is 5.26.